The van der Waals surface area contributed by atoms with Gasteiger partial charge in [0.05, 0.1) is 0 Å². The molecule has 2 amide bonds. The number of anilines is 1. The largest absolute Gasteiger partial charge is 0.477 e. The number of carbonyl (C=O) groups is 3. The molecule has 2 fully saturated rings. The second-order valence-corrected chi connectivity index (χ2v) is 7.39. The maximum Gasteiger partial charge on any atom is 0.352 e. The zero-order valence-corrected chi connectivity index (χ0v) is 14.7. The van der Waals surface area contributed by atoms with Crippen molar-refractivity contribution < 1.29 is 24.0 Å². The predicted molar refractivity (Wildman–Crippen MR) is 92.0 cm³/mol. The minimum Gasteiger partial charge on any atom is -0.477 e. The highest BCUT2D eigenvalue weighted by molar-refractivity contribution is 8.00. The Morgan fingerprint density at radius 1 is 1.50 bits per heavy atom. The highest BCUT2D eigenvalue weighted by Crippen LogP contribution is 2.40. The Kier molecular flexibility index (Phi) is 3.88. The molecule has 10 heteroatoms. The zero-order valence-electron chi connectivity index (χ0n) is 13.8. The summed E-state index contributed by atoms with van der Waals surface area (Å²) < 4.78 is 5.00. The molecule has 1 aromatic rings. The standard InChI is InChI=1S/C16H16N4O5S/c1-7-4-10(18-25-7)19-3-2-8(13(19)21)5-9-6-26-15-11(17)14(22)20(15)12(9)16(23)24/h4-5,11,15H,2-3,6,17H2,1H3,(H,23,24)/t11-,15-/m1/s1. The molecule has 0 bridgehead atoms. The Bertz CT molecular complexity index is 889. The van der Waals surface area contributed by atoms with E-state index in [9.17, 15) is 19.5 Å². The van der Waals surface area contributed by atoms with Gasteiger partial charge in [0.2, 0.25) is 5.91 Å². The normalized spacial score (nSPS) is 27.2. The number of β-lactam (4-membered cyclic amide) rings is 1. The van der Waals surface area contributed by atoms with Gasteiger partial charge in [-0.05, 0) is 25.0 Å². The summed E-state index contributed by atoms with van der Waals surface area (Å²) in [6, 6.07) is 0.992. The molecule has 0 unspecified atom stereocenters. The van der Waals surface area contributed by atoms with Crippen molar-refractivity contribution >= 4 is 35.4 Å². The van der Waals surface area contributed by atoms with Crippen LogP contribution in [0.15, 0.2) is 33.5 Å². The number of allylic oxidation sites excluding steroid dienone is 1. The number of aliphatic carboxylic acids is 1. The van der Waals surface area contributed by atoms with Crippen LogP contribution in [0, 0.1) is 6.92 Å². The lowest BCUT2D eigenvalue weighted by Crippen LogP contribution is -2.68. The number of amides is 2. The summed E-state index contributed by atoms with van der Waals surface area (Å²) in [6.45, 7) is 2.18. The van der Waals surface area contributed by atoms with Gasteiger partial charge in [0, 0.05) is 23.9 Å². The summed E-state index contributed by atoms with van der Waals surface area (Å²) in [6.07, 6.45) is 2.04. The summed E-state index contributed by atoms with van der Waals surface area (Å²) in [5, 5.41) is 13.0. The molecular weight excluding hydrogens is 360 g/mol. The molecule has 26 heavy (non-hydrogen) atoms. The second kappa shape index (κ2) is 5.99. The van der Waals surface area contributed by atoms with Crippen LogP contribution in [-0.2, 0) is 14.4 Å². The summed E-state index contributed by atoms with van der Waals surface area (Å²) in [5.41, 5.74) is 6.58. The van der Waals surface area contributed by atoms with Gasteiger partial charge >= 0.3 is 5.97 Å². The molecule has 136 valence electrons. The molecule has 3 aliphatic rings. The molecule has 9 nitrogen and oxygen atoms in total. The topological polar surface area (TPSA) is 130 Å². The van der Waals surface area contributed by atoms with Crippen LogP contribution in [0.25, 0.3) is 0 Å². The maximum atomic E-state index is 12.6. The van der Waals surface area contributed by atoms with Crippen LogP contribution in [0.1, 0.15) is 12.2 Å². The van der Waals surface area contributed by atoms with Gasteiger partial charge in [0.25, 0.3) is 5.91 Å². The second-order valence-electron chi connectivity index (χ2n) is 6.29. The Morgan fingerprint density at radius 2 is 2.27 bits per heavy atom. The fraction of sp³-hybridized carbons (Fsp3) is 0.375. The number of aromatic nitrogens is 1. The van der Waals surface area contributed by atoms with E-state index in [0.717, 1.165) is 0 Å². The van der Waals surface area contributed by atoms with Crippen LogP contribution in [-0.4, -0.2) is 56.7 Å². The Hall–Kier alpha value is -2.59. The molecule has 0 aromatic carbocycles. The molecule has 0 saturated carbocycles. The van der Waals surface area contributed by atoms with Crippen molar-refractivity contribution in [3.8, 4) is 0 Å². The first kappa shape index (κ1) is 16.9. The van der Waals surface area contributed by atoms with Gasteiger partial charge in [-0.1, -0.05) is 5.16 Å². The van der Waals surface area contributed by atoms with E-state index in [1.165, 1.54) is 21.6 Å². The van der Waals surface area contributed by atoms with Crippen molar-refractivity contribution in [2.75, 3.05) is 17.2 Å². The number of carboxylic acid groups (broad SMARTS) is 1. The molecule has 2 atom stereocenters. The molecule has 0 radical (unpaired) electrons. The van der Waals surface area contributed by atoms with Crippen LogP contribution in [0.2, 0.25) is 0 Å². The number of carboxylic acids is 1. The van der Waals surface area contributed by atoms with E-state index in [1.54, 1.807) is 19.1 Å². The molecule has 3 aliphatic heterocycles. The van der Waals surface area contributed by atoms with Gasteiger partial charge in [-0.2, -0.15) is 0 Å². The van der Waals surface area contributed by atoms with Crippen LogP contribution in [0.3, 0.4) is 0 Å². The molecule has 2 saturated heterocycles. The van der Waals surface area contributed by atoms with Crippen molar-refractivity contribution in [1.29, 1.82) is 0 Å². The van der Waals surface area contributed by atoms with Gasteiger partial charge in [0.1, 0.15) is 22.9 Å². The summed E-state index contributed by atoms with van der Waals surface area (Å²) in [7, 11) is 0. The van der Waals surface area contributed by atoms with E-state index in [2.05, 4.69) is 5.16 Å². The number of carbonyl (C=O) groups excluding carboxylic acids is 2. The average molecular weight is 376 g/mol. The van der Waals surface area contributed by atoms with E-state index in [0.29, 0.717) is 41.4 Å². The number of fused-ring (bicyclic) bond motifs is 1. The average Bonchev–Trinajstić information content (AvgIpc) is 3.19. The number of nitrogens with zero attached hydrogens (tertiary/aromatic N) is 3. The van der Waals surface area contributed by atoms with E-state index in [1.807, 2.05) is 0 Å². The van der Waals surface area contributed by atoms with Crippen LogP contribution in [0.4, 0.5) is 5.82 Å². The van der Waals surface area contributed by atoms with Gasteiger partial charge < -0.3 is 15.4 Å². The molecule has 0 aliphatic carbocycles. The van der Waals surface area contributed by atoms with E-state index >= 15 is 0 Å². The number of hydrogen-bond donors (Lipinski definition) is 2. The van der Waals surface area contributed by atoms with Crippen LogP contribution < -0.4 is 10.6 Å². The lowest BCUT2D eigenvalue weighted by atomic mass is 10.0. The third-order valence-electron chi connectivity index (χ3n) is 4.61. The zero-order chi connectivity index (χ0) is 18.6. The highest BCUT2D eigenvalue weighted by Gasteiger charge is 2.51. The lowest BCUT2D eigenvalue weighted by molar-refractivity contribution is -0.147. The van der Waals surface area contributed by atoms with Gasteiger partial charge in [-0.3, -0.25) is 19.4 Å². The number of aryl methyl sites for hydroxylation is 1. The minimum atomic E-state index is -1.20. The molecule has 0 spiro atoms. The SMILES string of the molecule is Cc1cc(N2CCC(=CC3=C(C(=O)O)N4C(=O)[C@@H](N)[C@H]4SC3)C2=O)no1. The van der Waals surface area contributed by atoms with Crippen molar-refractivity contribution in [3.05, 3.63) is 34.7 Å². The molecule has 4 rings (SSSR count). The lowest BCUT2D eigenvalue weighted by Gasteiger charge is -2.47. The van der Waals surface area contributed by atoms with Crippen molar-refractivity contribution in [2.45, 2.75) is 24.8 Å². The summed E-state index contributed by atoms with van der Waals surface area (Å²) >= 11 is 1.40. The quantitative estimate of drug-likeness (QED) is 0.566. The maximum absolute atomic E-state index is 12.6. The number of thioether (sulfide) groups is 1. The number of hydrogen-bond acceptors (Lipinski definition) is 7. The smallest absolute Gasteiger partial charge is 0.352 e. The van der Waals surface area contributed by atoms with Crippen LogP contribution >= 0.6 is 11.8 Å². The van der Waals surface area contributed by atoms with Crippen molar-refractivity contribution in [2.24, 2.45) is 5.73 Å². The van der Waals surface area contributed by atoms with Gasteiger partial charge in [-0.25, -0.2) is 4.79 Å². The molecule has 1 aromatic heterocycles. The van der Waals surface area contributed by atoms with E-state index in [-0.39, 0.29) is 17.0 Å². The van der Waals surface area contributed by atoms with Crippen molar-refractivity contribution in [1.82, 2.24) is 10.1 Å². The Balaban J connectivity index is 1.65. The first-order valence-corrected chi connectivity index (χ1v) is 9.06. The molecule has 3 N–H and O–H groups in total. The molecule has 4 heterocycles. The number of nitrogens with two attached hydrogens (primary N) is 1. The predicted octanol–water partition coefficient (Wildman–Crippen LogP) is 0.227. The fourth-order valence-corrected chi connectivity index (χ4v) is 4.56. The first-order valence-electron chi connectivity index (χ1n) is 8.01. The van der Waals surface area contributed by atoms with Gasteiger partial charge in [0.15, 0.2) is 5.82 Å². The Morgan fingerprint density at radius 3 is 2.92 bits per heavy atom. The summed E-state index contributed by atoms with van der Waals surface area (Å²) in [5.74, 6) is -0.434. The Labute approximate surface area is 152 Å². The van der Waals surface area contributed by atoms with Crippen LogP contribution in [0.5, 0.6) is 0 Å². The monoisotopic (exact) mass is 376 g/mol. The van der Waals surface area contributed by atoms with Crippen molar-refractivity contribution in [3.63, 3.8) is 0 Å². The van der Waals surface area contributed by atoms with E-state index < -0.39 is 17.9 Å². The first-order chi connectivity index (χ1) is 12.4. The summed E-state index contributed by atoms with van der Waals surface area (Å²) in [4.78, 5) is 39.0. The van der Waals surface area contributed by atoms with E-state index in [4.69, 9.17) is 10.3 Å². The van der Waals surface area contributed by atoms with Gasteiger partial charge in [-0.15, -0.1) is 11.8 Å². The molecular formula is C16H16N4O5S. The minimum absolute atomic E-state index is 0.0866. The third kappa shape index (κ3) is 2.44. The number of rotatable bonds is 3. The third-order valence-corrected chi connectivity index (χ3v) is 5.93. The fourth-order valence-electron chi connectivity index (χ4n) is 3.31. The highest BCUT2D eigenvalue weighted by atomic mass is 32.2.